The van der Waals surface area contributed by atoms with Gasteiger partial charge in [0.1, 0.15) is 17.7 Å². The van der Waals surface area contributed by atoms with Gasteiger partial charge in [0.25, 0.3) is 0 Å². The number of carbonyl (C=O) groups is 3. The van der Waals surface area contributed by atoms with Gasteiger partial charge in [-0.15, -0.1) is 0 Å². The molecule has 0 aromatic heterocycles. The second kappa shape index (κ2) is 10.6. The van der Waals surface area contributed by atoms with Crippen LogP contribution in [-0.4, -0.2) is 45.5 Å². The summed E-state index contributed by atoms with van der Waals surface area (Å²) in [6, 6.07) is 5.86. The first-order valence-corrected chi connectivity index (χ1v) is 11.6. The summed E-state index contributed by atoms with van der Waals surface area (Å²) in [7, 11) is 0. The molecule has 7 nitrogen and oxygen atoms in total. The van der Waals surface area contributed by atoms with E-state index in [9.17, 15) is 14.4 Å². The first-order valence-electron chi connectivity index (χ1n) is 11.6. The molecule has 7 heteroatoms. The Bertz CT molecular complexity index is 850. The molecule has 0 spiro atoms. The topological polar surface area (TPSA) is 87.7 Å². The van der Waals surface area contributed by atoms with Gasteiger partial charge in [-0.1, -0.05) is 36.8 Å². The van der Waals surface area contributed by atoms with E-state index in [0.29, 0.717) is 6.42 Å². The van der Waals surface area contributed by atoms with Gasteiger partial charge < -0.3 is 20.3 Å². The summed E-state index contributed by atoms with van der Waals surface area (Å²) in [6.45, 7) is 20.4. The van der Waals surface area contributed by atoms with Gasteiger partial charge in [-0.05, 0) is 81.2 Å². The largest absolute Gasteiger partial charge is 0.444 e. The Morgan fingerprint density at radius 1 is 1.03 bits per heavy atom. The SMILES string of the molecule is CCC(C)(C)N(C(=O)C(C)NC(=O)OC(C)(C)C)C(C(=O)NC(C)(C)C)c1cccc(C)c1. The second-order valence-corrected chi connectivity index (χ2v) is 11.3. The van der Waals surface area contributed by atoms with E-state index in [1.807, 2.05) is 72.7 Å². The van der Waals surface area contributed by atoms with Crippen LogP contribution in [0.15, 0.2) is 24.3 Å². The summed E-state index contributed by atoms with van der Waals surface area (Å²) in [4.78, 5) is 41.3. The van der Waals surface area contributed by atoms with Crippen LogP contribution in [0.25, 0.3) is 0 Å². The normalized spacial score (nSPS) is 14.2. The number of amides is 3. The molecular weight excluding hydrogens is 418 g/mol. The Morgan fingerprint density at radius 2 is 1.61 bits per heavy atom. The first kappa shape index (κ1) is 28.5. The van der Waals surface area contributed by atoms with Gasteiger partial charge in [0.05, 0.1) is 0 Å². The van der Waals surface area contributed by atoms with Crippen LogP contribution in [-0.2, 0) is 14.3 Å². The predicted molar refractivity (Wildman–Crippen MR) is 132 cm³/mol. The lowest BCUT2D eigenvalue weighted by atomic mass is 9.91. The monoisotopic (exact) mass is 461 g/mol. The van der Waals surface area contributed by atoms with Gasteiger partial charge in [0.2, 0.25) is 11.8 Å². The third-order valence-electron chi connectivity index (χ3n) is 5.22. The van der Waals surface area contributed by atoms with E-state index in [0.717, 1.165) is 11.1 Å². The first-order chi connectivity index (χ1) is 14.9. The minimum Gasteiger partial charge on any atom is -0.444 e. The molecule has 0 heterocycles. The van der Waals surface area contributed by atoms with Gasteiger partial charge in [-0.3, -0.25) is 9.59 Å². The molecule has 0 aliphatic rings. The van der Waals surface area contributed by atoms with E-state index in [1.165, 1.54) is 0 Å². The van der Waals surface area contributed by atoms with Crippen LogP contribution >= 0.6 is 0 Å². The quantitative estimate of drug-likeness (QED) is 0.606. The Morgan fingerprint density at radius 3 is 2.06 bits per heavy atom. The smallest absolute Gasteiger partial charge is 0.408 e. The molecule has 1 aromatic rings. The fourth-order valence-corrected chi connectivity index (χ4v) is 3.40. The van der Waals surface area contributed by atoms with E-state index in [4.69, 9.17) is 4.74 Å². The van der Waals surface area contributed by atoms with Gasteiger partial charge in [0.15, 0.2) is 0 Å². The van der Waals surface area contributed by atoms with Crippen molar-refractivity contribution in [1.82, 2.24) is 15.5 Å². The summed E-state index contributed by atoms with van der Waals surface area (Å²) >= 11 is 0. The van der Waals surface area contributed by atoms with Crippen LogP contribution in [0.2, 0.25) is 0 Å². The van der Waals surface area contributed by atoms with E-state index < -0.39 is 34.9 Å². The van der Waals surface area contributed by atoms with Crippen LogP contribution in [0.3, 0.4) is 0 Å². The van der Waals surface area contributed by atoms with Crippen molar-refractivity contribution in [2.45, 2.75) is 111 Å². The van der Waals surface area contributed by atoms with Crippen molar-refractivity contribution in [2.75, 3.05) is 0 Å². The fourth-order valence-electron chi connectivity index (χ4n) is 3.40. The highest BCUT2D eigenvalue weighted by molar-refractivity contribution is 5.92. The summed E-state index contributed by atoms with van der Waals surface area (Å²) in [5.41, 5.74) is -0.125. The lowest BCUT2D eigenvalue weighted by Crippen LogP contribution is -2.59. The third-order valence-corrected chi connectivity index (χ3v) is 5.22. The molecule has 3 amide bonds. The van der Waals surface area contributed by atoms with E-state index in [2.05, 4.69) is 10.6 Å². The number of nitrogens with zero attached hydrogens (tertiary/aromatic N) is 1. The number of hydrogen-bond donors (Lipinski definition) is 2. The van der Waals surface area contributed by atoms with Gasteiger partial charge in [-0.25, -0.2) is 4.79 Å². The summed E-state index contributed by atoms with van der Waals surface area (Å²) in [6.07, 6.45) is -0.0629. The summed E-state index contributed by atoms with van der Waals surface area (Å²) < 4.78 is 5.32. The number of aryl methyl sites for hydroxylation is 1. The van der Waals surface area contributed by atoms with Crippen LogP contribution in [0.5, 0.6) is 0 Å². The fraction of sp³-hybridized carbons (Fsp3) is 0.654. The highest BCUT2D eigenvalue weighted by Gasteiger charge is 2.42. The third kappa shape index (κ3) is 8.71. The highest BCUT2D eigenvalue weighted by Crippen LogP contribution is 2.33. The molecule has 0 fully saturated rings. The van der Waals surface area contributed by atoms with Crippen molar-refractivity contribution in [2.24, 2.45) is 0 Å². The lowest BCUT2D eigenvalue weighted by molar-refractivity contribution is -0.149. The second-order valence-electron chi connectivity index (χ2n) is 11.3. The molecule has 2 atom stereocenters. The predicted octanol–water partition coefficient (Wildman–Crippen LogP) is 4.88. The van der Waals surface area contributed by atoms with Gasteiger partial charge in [0, 0.05) is 11.1 Å². The molecule has 0 aliphatic carbocycles. The molecule has 2 unspecified atom stereocenters. The van der Waals surface area contributed by atoms with Crippen molar-refractivity contribution in [3.8, 4) is 0 Å². The van der Waals surface area contributed by atoms with Crippen molar-refractivity contribution in [3.05, 3.63) is 35.4 Å². The molecule has 33 heavy (non-hydrogen) atoms. The molecule has 186 valence electrons. The lowest BCUT2D eigenvalue weighted by Gasteiger charge is -2.45. The number of carbonyl (C=O) groups excluding carboxylic acids is 3. The molecule has 0 saturated carbocycles. The maximum absolute atomic E-state index is 13.8. The van der Waals surface area contributed by atoms with Crippen LogP contribution in [0, 0.1) is 6.92 Å². The molecule has 1 aromatic carbocycles. The summed E-state index contributed by atoms with van der Waals surface area (Å²) in [5.74, 6) is -0.629. The van der Waals surface area contributed by atoms with E-state index in [-0.39, 0.29) is 11.8 Å². The number of benzene rings is 1. The van der Waals surface area contributed by atoms with Gasteiger partial charge >= 0.3 is 6.09 Å². The Hall–Kier alpha value is -2.57. The van der Waals surface area contributed by atoms with Crippen LogP contribution < -0.4 is 10.6 Å². The highest BCUT2D eigenvalue weighted by atomic mass is 16.6. The zero-order valence-electron chi connectivity index (χ0n) is 22.3. The molecule has 0 aliphatic heterocycles. The number of nitrogens with one attached hydrogen (secondary N) is 2. The molecule has 1 rings (SSSR count). The minimum absolute atomic E-state index is 0.271. The Balaban J connectivity index is 3.50. The molecular formula is C26H43N3O4. The summed E-state index contributed by atoms with van der Waals surface area (Å²) in [5, 5.41) is 5.67. The van der Waals surface area contributed by atoms with Crippen molar-refractivity contribution in [3.63, 3.8) is 0 Å². The average molecular weight is 462 g/mol. The Labute approximate surface area is 199 Å². The van der Waals surface area contributed by atoms with Gasteiger partial charge in [-0.2, -0.15) is 0 Å². The minimum atomic E-state index is -0.888. The standard InChI is InChI=1S/C26H43N3O4/c1-12-26(10,11)29(22(31)18(3)27-23(32)33-25(7,8)9)20(21(30)28-24(4,5)6)19-15-13-14-17(2)16-19/h13-16,18,20H,12H2,1-11H3,(H,27,32)(H,28,30). The van der Waals surface area contributed by atoms with Crippen LogP contribution in [0.4, 0.5) is 4.79 Å². The number of rotatable bonds is 7. The van der Waals surface area contributed by atoms with Crippen LogP contribution in [0.1, 0.15) is 92.8 Å². The van der Waals surface area contributed by atoms with Crippen molar-refractivity contribution >= 4 is 17.9 Å². The molecule has 0 saturated heterocycles. The van der Waals surface area contributed by atoms with Crippen molar-refractivity contribution < 1.29 is 19.1 Å². The van der Waals surface area contributed by atoms with Crippen molar-refractivity contribution in [1.29, 1.82) is 0 Å². The zero-order chi connectivity index (χ0) is 25.8. The number of hydrogen-bond acceptors (Lipinski definition) is 4. The van der Waals surface area contributed by atoms with E-state index in [1.54, 1.807) is 32.6 Å². The molecule has 0 bridgehead atoms. The average Bonchev–Trinajstić information content (AvgIpc) is 2.62. The number of ether oxygens (including phenoxy) is 1. The molecule has 0 radical (unpaired) electrons. The van der Waals surface area contributed by atoms with E-state index >= 15 is 0 Å². The Kier molecular flexibility index (Phi) is 9.12. The zero-order valence-corrected chi connectivity index (χ0v) is 22.3. The maximum atomic E-state index is 13.8. The maximum Gasteiger partial charge on any atom is 0.408 e. The molecule has 2 N–H and O–H groups in total. The number of alkyl carbamates (subject to hydrolysis) is 1.